The summed E-state index contributed by atoms with van der Waals surface area (Å²) in [4.78, 5) is 11.2. The van der Waals surface area contributed by atoms with Crippen LogP contribution in [0, 0.1) is 20.8 Å². The average molecular weight is 167 g/mol. The zero-order valence-electron chi connectivity index (χ0n) is 7.08. The Balaban J connectivity index is 2.49. The lowest BCUT2D eigenvalue weighted by Gasteiger charge is -2.23. The first-order chi connectivity index (χ1) is 5.49. The van der Waals surface area contributed by atoms with Gasteiger partial charge >= 0.3 is 6.09 Å². The Morgan fingerprint density at radius 3 is 2.75 bits per heavy atom. The van der Waals surface area contributed by atoms with Crippen LogP contribution in [-0.4, -0.2) is 29.0 Å². The van der Waals surface area contributed by atoms with E-state index in [9.17, 15) is 4.79 Å². The number of nitrogens with zero attached hydrogens (tertiary/aromatic N) is 1. The second kappa shape index (κ2) is 3.17. The van der Waals surface area contributed by atoms with Gasteiger partial charge in [0.2, 0.25) is 0 Å². The number of amides is 1. The monoisotopic (exact) mass is 167 g/mol. The molecule has 0 spiro atoms. The molecule has 0 unspecified atom stereocenters. The number of ether oxygens (including phenoxy) is 1. The SMILES string of the molecule is [CH2+]C([CH2-])([CH2-])OC(=O)[N+]1=CCCC1. The van der Waals surface area contributed by atoms with Gasteiger partial charge in [-0.05, 0) is 0 Å². The van der Waals surface area contributed by atoms with Crippen molar-refractivity contribution in [3.05, 3.63) is 20.8 Å². The molecule has 1 amide bonds. The summed E-state index contributed by atoms with van der Waals surface area (Å²) in [6.07, 6.45) is 3.32. The van der Waals surface area contributed by atoms with Gasteiger partial charge in [-0.25, -0.2) is 0 Å². The summed E-state index contributed by atoms with van der Waals surface area (Å²) < 4.78 is 6.37. The van der Waals surface area contributed by atoms with E-state index in [4.69, 9.17) is 4.74 Å². The van der Waals surface area contributed by atoms with Gasteiger partial charge in [-0.3, -0.25) is 13.8 Å². The van der Waals surface area contributed by atoms with E-state index in [0.717, 1.165) is 19.4 Å². The highest BCUT2D eigenvalue weighted by molar-refractivity contribution is 5.67. The van der Waals surface area contributed by atoms with Gasteiger partial charge in [0, 0.05) is 25.4 Å². The smallest absolute Gasteiger partial charge is 0.425 e. The maximum atomic E-state index is 11.2. The summed E-state index contributed by atoms with van der Waals surface area (Å²) in [5.74, 6) is 0. The predicted molar refractivity (Wildman–Crippen MR) is 45.7 cm³/mol. The van der Waals surface area contributed by atoms with Crippen molar-refractivity contribution < 1.29 is 14.1 Å². The van der Waals surface area contributed by atoms with Gasteiger partial charge in [0.1, 0.15) is 0 Å². The van der Waals surface area contributed by atoms with Crippen molar-refractivity contribution in [1.82, 2.24) is 0 Å². The molecule has 3 nitrogen and oxygen atoms in total. The normalized spacial score (nSPS) is 17.3. The van der Waals surface area contributed by atoms with Crippen LogP contribution < -0.4 is 0 Å². The van der Waals surface area contributed by atoms with Crippen LogP contribution in [0.4, 0.5) is 4.79 Å². The number of rotatable bonds is 1. The van der Waals surface area contributed by atoms with Gasteiger partial charge in [0.15, 0.2) is 12.8 Å². The van der Waals surface area contributed by atoms with Gasteiger partial charge in [-0.15, -0.1) is 4.58 Å². The molecule has 0 saturated heterocycles. The Kier molecular flexibility index (Phi) is 2.40. The summed E-state index contributed by atoms with van der Waals surface area (Å²) in [6, 6.07) is 0. The van der Waals surface area contributed by atoms with Crippen LogP contribution in [0.2, 0.25) is 0 Å². The van der Waals surface area contributed by atoms with Crippen LogP contribution in [0.15, 0.2) is 0 Å². The molecule has 0 fully saturated rings. The molecular weight excluding hydrogens is 154 g/mol. The second-order valence-electron chi connectivity index (χ2n) is 3.07. The number of hydrogen-bond acceptors (Lipinski definition) is 2. The Hall–Kier alpha value is -0.990. The number of carbonyl (C=O) groups excluding carboxylic acids is 1. The lowest BCUT2D eigenvalue weighted by molar-refractivity contribution is -0.436. The summed E-state index contributed by atoms with van der Waals surface area (Å²) in [7, 11) is 0. The Morgan fingerprint density at radius 1 is 1.67 bits per heavy atom. The molecule has 0 bridgehead atoms. The summed E-state index contributed by atoms with van der Waals surface area (Å²) in [5.41, 5.74) is -1.13. The first kappa shape index (κ1) is 9.10. The Labute approximate surface area is 73.0 Å². The van der Waals surface area contributed by atoms with Crippen molar-refractivity contribution in [2.75, 3.05) is 6.54 Å². The zero-order valence-corrected chi connectivity index (χ0v) is 7.08. The Morgan fingerprint density at radius 2 is 2.33 bits per heavy atom. The lowest BCUT2D eigenvalue weighted by Crippen LogP contribution is -2.30. The standard InChI is InChI=1S/C9H13NO2/c1-9(2,3)12-8(11)10-6-4-5-7-10/h6H,1-5,7H2. The average Bonchev–Trinajstić information content (AvgIpc) is 2.32. The molecule has 0 aromatic heterocycles. The third-order valence-corrected chi connectivity index (χ3v) is 1.49. The van der Waals surface area contributed by atoms with Crippen molar-refractivity contribution in [3.8, 4) is 0 Å². The Bertz CT molecular complexity index is 213. The molecule has 0 radical (unpaired) electrons. The second-order valence-corrected chi connectivity index (χ2v) is 3.07. The lowest BCUT2D eigenvalue weighted by atomic mass is 10.2. The molecule has 12 heavy (non-hydrogen) atoms. The fourth-order valence-corrected chi connectivity index (χ4v) is 1.01. The number of carbonyl (C=O) groups is 1. The molecule has 0 saturated carbocycles. The molecule has 0 atom stereocenters. The molecule has 3 heteroatoms. The summed E-state index contributed by atoms with van der Waals surface area (Å²) >= 11 is 0. The predicted octanol–water partition coefficient (Wildman–Crippen LogP) is 1.24. The van der Waals surface area contributed by atoms with E-state index in [2.05, 4.69) is 20.8 Å². The third-order valence-electron chi connectivity index (χ3n) is 1.49. The van der Waals surface area contributed by atoms with Crippen LogP contribution >= 0.6 is 0 Å². The maximum absolute atomic E-state index is 11.2. The van der Waals surface area contributed by atoms with E-state index in [1.54, 1.807) is 0 Å². The molecule has 0 N–H and O–H groups in total. The molecule has 66 valence electrons. The van der Waals surface area contributed by atoms with E-state index in [0.29, 0.717) is 0 Å². The van der Waals surface area contributed by atoms with Crippen LogP contribution in [0.5, 0.6) is 0 Å². The minimum atomic E-state index is -1.13. The fraction of sp³-hybridized carbons (Fsp3) is 0.444. The van der Waals surface area contributed by atoms with E-state index in [1.807, 2.05) is 6.21 Å². The van der Waals surface area contributed by atoms with Crippen LogP contribution in [0.1, 0.15) is 12.8 Å². The molecular formula is C9H13NO2. The summed E-state index contributed by atoms with van der Waals surface area (Å²) in [5, 5.41) is 0. The molecule has 1 heterocycles. The van der Waals surface area contributed by atoms with Crippen LogP contribution in [0.3, 0.4) is 0 Å². The molecule has 1 aliphatic rings. The van der Waals surface area contributed by atoms with Crippen molar-refractivity contribution in [3.63, 3.8) is 0 Å². The summed E-state index contributed by atoms with van der Waals surface area (Å²) in [6.45, 7) is 11.1. The largest absolute Gasteiger partial charge is 0.595 e. The van der Waals surface area contributed by atoms with Crippen molar-refractivity contribution in [1.29, 1.82) is 0 Å². The quantitative estimate of drug-likeness (QED) is 0.434. The maximum Gasteiger partial charge on any atom is 0.595 e. The van der Waals surface area contributed by atoms with E-state index in [-0.39, 0.29) is 0 Å². The molecule has 0 aromatic rings. The molecule has 1 aliphatic heterocycles. The highest BCUT2D eigenvalue weighted by atomic mass is 16.6. The van der Waals surface area contributed by atoms with E-state index in [1.165, 1.54) is 4.58 Å². The zero-order chi connectivity index (χ0) is 9.19. The topological polar surface area (TPSA) is 29.3 Å². The highest BCUT2D eigenvalue weighted by Gasteiger charge is 2.25. The fourth-order valence-electron chi connectivity index (χ4n) is 1.01. The molecule has 1 rings (SSSR count). The number of hydrogen-bond donors (Lipinski definition) is 0. The van der Waals surface area contributed by atoms with Crippen molar-refractivity contribution in [2.24, 2.45) is 0 Å². The first-order valence-electron chi connectivity index (χ1n) is 3.88. The first-order valence-corrected chi connectivity index (χ1v) is 3.88. The van der Waals surface area contributed by atoms with Gasteiger partial charge in [0.05, 0.1) is 0 Å². The third kappa shape index (κ3) is 2.57. The van der Waals surface area contributed by atoms with Gasteiger partial charge in [0.25, 0.3) is 0 Å². The molecule has 0 aromatic carbocycles. The van der Waals surface area contributed by atoms with Crippen LogP contribution in [-0.2, 0) is 4.74 Å². The van der Waals surface area contributed by atoms with E-state index < -0.39 is 11.7 Å². The van der Waals surface area contributed by atoms with Gasteiger partial charge in [-0.2, -0.15) is 4.79 Å². The van der Waals surface area contributed by atoms with Crippen molar-refractivity contribution in [2.45, 2.75) is 18.4 Å². The highest BCUT2D eigenvalue weighted by Crippen LogP contribution is 2.08. The minimum absolute atomic E-state index is 0.410. The molecule has 0 aliphatic carbocycles. The van der Waals surface area contributed by atoms with Crippen molar-refractivity contribution >= 4 is 12.3 Å². The van der Waals surface area contributed by atoms with E-state index >= 15 is 0 Å². The van der Waals surface area contributed by atoms with Gasteiger partial charge in [-0.1, -0.05) is 0 Å². The van der Waals surface area contributed by atoms with Crippen LogP contribution in [0.25, 0.3) is 0 Å². The van der Waals surface area contributed by atoms with Gasteiger partial charge < -0.3 is 4.74 Å². The minimum Gasteiger partial charge on any atom is -0.425 e.